The van der Waals surface area contributed by atoms with E-state index < -0.39 is 36.9 Å². The van der Waals surface area contributed by atoms with Crippen LogP contribution in [0.2, 0.25) is 0 Å². The minimum atomic E-state index is -2.98. The van der Waals surface area contributed by atoms with E-state index in [2.05, 4.69) is 10.1 Å². The molecule has 1 heterocycles. The average Bonchev–Trinajstić information content (AvgIpc) is 3.33. The molecular weight excluding hydrogens is 424 g/mol. The predicted octanol–water partition coefficient (Wildman–Crippen LogP) is 3.65. The average molecular weight is 443 g/mol. The number of hydrogen-bond acceptors (Lipinski definition) is 6. The summed E-state index contributed by atoms with van der Waals surface area (Å²) in [6.07, 6.45) is 1.47. The van der Waals surface area contributed by atoms with Gasteiger partial charge in [0.2, 0.25) is 0 Å². The molecule has 0 fully saturated rings. The Balaban J connectivity index is 1.63. The normalized spacial score (nSPS) is 11.6. The molecule has 0 unspecified atom stereocenters. The van der Waals surface area contributed by atoms with E-state index >= 15 is 0 Å². The SMILES string of the molecule is O=C(COC(=O)[C@@H](Cc1ccccc1)NC(=O)c1ccco1)c1ccc(OC(F)F)cc1. The molecule has 3 aromatic rings. The molecule has 0 bridgehead atoms. The maximum absolute atomic E-state index is 12.6. The van der Waals surface area contributed by atoms with E-state index in [-0.39, 0.29) is 23.5 Å². The summed E-state index contributed by atoms with van der Waals surface area (Å²) in [5.74, 6) is -2.03. The highest BCUT2D eigenvalue weighted by molar-refractivity contribution is 5.99. The Kier molecular flexibility index (Phi) is 7.69. The number of halogens is 2. The molecule has 166 valence electrons. The first-order valence-electron chi connectivity index (χ1n) is 9.55. The minimum Gasteiger partial charge on any atom is -0.459 e. The van der Waals surface area contributed by atoms with Gasteiger partial charge < -0.3 is 19.2 Å². The van der Waals surface area contributed by atoms with Crippen molar-refractivity contribution in [1.82, 2.24) is 5.32 Å². The number of hydrogen-bond donors (Lipinski definition) is 1. The summed E-state index contributed by atoms with van der Waals surface area (Å²) in [6, 6.07) is 15.9. The van der Waals surface area contributed by atoms with E-state index in [9.17, 15) is 23.2 Å². The van der Waals surface area contributed by atoms with E-state index in [1.54, 1.807) is 24.3 Å². The topological polar surface area (TPSA) is 94.8 Å². The Labute approximate surface area is 181 Å². The van der Waals surface area contributed by atoms with Crippen LogP contribution in [0.15, 0.2) is 77.4 Å². The van der Waals surface area contributed by atoms with Crippen molar-refractivity contribution in [3.05, 3.63) is 89.9 Å². The van der Waals surface area contributed by atoms with Gasteiger partial charge in [0.05, 0.1) is 6.26 Å². The van der Waals surface area contributed by atoms with Crippen molar-refractivity contribution in [3.63, 3.8) is 0 Å². The number of amides is 1. The summed E-state index contributed by atoms with van der Waals surface area (Å²) in [6.45, 7) is -3.56. The van der Waals surface area contributed by atoms with Crippen LogP contribution >= 0.6 is 0 Å². The number of carbonyl (C=O) groups is 3. The molecule has 0 spiro atoms. The van der Waals surface area contributed by atoms with Gasteiger partial charge in [-0.3, -0.25) is 9.59 Å². The van der Waals surface area contributed by atoms with E-state index in [1.807, 2.05) is 6.07 Å². The summed E-state index contributed by atoms with van der Waals surface area (Å²) >= 11 is 0. The molecule has 9 heteroatoms. The fraction of sp³-hybridized carbons (Fsp3) is 0.174. The molecule has 0 aliphatic heterocycles. The van der Waals surface area contributed by atoms with Crippen LogP contribution in [-0.4, -0.2) is 36.9 Å². The smallest absolute Gasteiger partial charge is 0.387 e. The minimum absolute atomic E-state index is 0.0260. The van der Waals surface area contributed by atoms with Crippen LogP contribution < -0.4 is 10.1 Å². The second-order valence-corrected chi connectivity index (χ2v) is 6.63. The third kappa shape index (κ3) is 6.49. The third-order valence-electron chi connectivity index (χ3n) is 4.36. The van der Waals surface area contributed by atoms with Gasteiger partial charge in [-0.15, -0.1) is 0 Å². The maximum Gasteiger partial charge on any atom is 0.387 e. The van der Waals surface area contributed by atoms with E-state index in [1.165, 1.54) is 42.7 Å². The van der Waals surface area contributed by atoms with Gasteiger partial charge in [0.15, 0.2) is 18.2 Å². The summed E-state index contributed by atoms with van der Waals surface area (Å²) in [5.41, 5.74) is 0.925. The quantitative estimate of drug-likeness (QED) is 0.380. The number of ketones is 1. The predicted molar refractivity (Wildman–Crippen MR) is 108 cm³/mol. The first-order chi connectivity index (χ1) is 15.4. The van der Waals surface area contributed by atoms with Crippen LogP contribution in [0.5, 0.6) is 5.75 Å². The van der Waals surface area contributed by atoms with E-state index in [0.29, 0.717) is 0 Å². The molecule has 1 atom stereocenters. The zero-order valence-corrected chi connectivity index (χ0v) is 16.7. The molecule has 3 rings (SSSR count). The van der Waals surface area contributed by atoms with E-state index in [4.69, 9.17) is 9.15 Å². The summed E-state index contributed by atoms with van der Waals surface area (Å²) < 4.78 is 38.8. The largest absolute Gasteiger partial charge is 0.459 e. The third-order valence-corrected chi connectivity index (χ3v) is 4.36. The van der Waals surface area contributed by atoms with Crippen LogP contribution in [0, 0.1) is 0 Å². The Morgan fingerprint density at radius 2 is 1.66 bits per heavy atom. The van der Waals surface area contributed by atoms with Crippen molar-refractivity contribution in [1.29, 1.82) is 0 Å². The molecule has 1 amide bonds. The molecule has 2 aromatic carbocycles. The lowest BCUT2D eigenvalue weighted by molar-refractivity contribution is -0.144. The number of ether oxygens (including phenoxy) is 2. The summed E-state index contributed by atoms with van der Waals surface area (Å²) in [4.78, 5) is 37.3. The number of nitrogens with one attached hydrogen (secondary N) is 1. The lowest BCUT2D eigenvalue weighted by atomic mass is 10.1. The first kappa shape index (κ1) is 22.7. The monoisotopic (exact) mass is 443 g/mol. The fourth-order valence-electron chi connectivity index (χ4n) is 2.82. The lowest BCUT2D eigenvalue weighted by Gasteiger charge is -2.17. The Morgan fingerprint density at radius 1 is 0.938 bits per heavy atom. The lowest BCUT2D eigenvalue weighted by Crippen LogP contribution is -2.43. The number of carbonyl (C=O) groups excluding carboxylic acids is 3. The molecule has 1 N–H and O–H groups in total. The molecule has 0 radical (unpaired) electrons. The molecule has 1 aromatic heterocycles. The number of Topliss-reactive ketones (excluding diaryl/α,β-unsaturated/α-hetero) is 1. The Morgan fingerprint density at radius 3 is 2.28 bits per heavy atom. The van der Waals surface area contributed by atoms with Crippen molar-refractivity contribution >= 4 is 17.7 Å². The van der Waals surface area contributed by atoms with Crippen LogP contribution in [-0.2, 0) is 16.0 Å². The second-order valence-electron chi connectivity index (χ2n) is 6.63. The number of benzene rings is 2. The van der Waals surface area contributed by atoms with Gasteiger partial charge in [-0.25, -0.2) is 4.79 Å². The van der Waals surface area contributed by atoms with Crippen LogP contribution in [0.25, 0.3) is 0 Å². The Hall–Kier alpha value is -4.01. The van der Waals surface area contributed by atoms with Crippen molar-refractivity contribution in [3.8, 4) is 5.75 Å². The molecule has 0 aliphatic carbocycles. The summed E-state index contributed by atoms with van der Waals surface area (Å²) in [7, 11) is 0. The van der Waals surface area contributed by atoms with Crippen LogP contribution in [0.3, 0.4) is 0 Å². The molecule has 32 heavy (non-hydrogen) atoms. The maximum atomic E-state index is 12.6. The first-order valence-corrected chi connectivity index (χ1v) is 9.55. The van der Waals surface area contributed by atoms with Gasteiger partial charge in [-0.1, -0.05) is 30.3 Å². The highest BCUT2D eigenvalue weighted by Gasteiger charge is 2.25. The standard InChI is InChI=1S/C23H19F2NO6/c24-23(25)32-17-10-8-16(9-11-17)19(27)14-31-22(29)18(13-15-5-2-1-3-6-15)26-21(28)20-7-4-12-30-20/h1-12,18,23H,13-14H2,(H,26,28)/t18-/m1/s1. The molecular formula is C23H19F2NO6. The van der Waals surface area contributed by atoms with E-state index in [0.717, 1.165) is 5.56 Å². The van der Waals surface area contributed by atoms with Gasteiger partial charge in [-0.2, -0.15) is 8.78 Å². The number of esters is 1. The number of rotatable bonds is 10. The molecule has 7 nitrogen and oxygen atoms in total. The number of furan rings is 1. The molecule has 0 saturated heterocycles. The van der Waals surface area contributed by atoms with Gasteiger partial charge in [0, 0.05) is 12.0 Å². The second kappa shape index (κ2) is 10.9. The molecule has 0 saturated carbocycles. The zero-order valence-electron chi connectivity index (χ0n) is 16.7. The molecule has 0 aliphatic rings. The van der Waals surface area contributed by atoms with Gasteiger partial charge in [0.1, 0.15) is 11.8 Å². The van der Waals surface area contributed by atoms with Gasteiger partial charge in [0.25, 0.3) is 5.91 Å². The van der Waals surface area contributed by atoms with Gasteiger partial charge >= 0.3 is 12.6 Å². The van der Waals surface area contributed by atoms with Crippen LogP contribution in [0.1, 0.15) is 26.5 Å². The highest BCUT2D eigenvalue weighted by Crippen LogP contribution is 2.15. The zero-order chi connectivity index (χ0) is 22.9. The highest BCUT2D eigenvalue weighted by atomic mass is 19.3. The fourth-order valence-corrected chi connectivity index (χ4v) is 2.82. The van der Waals surface area contributed by atoms with Crippen molar-refractivity contribution < 1.29 is 37.1 Å². The number of alkyl halides is 2. The van der Waals surface area contributed by atoms with Crippen LogP contribution in [0.4, 0.5) is 8.78 Å². The van der Waals surface area contributed by atoms with Crippen molar-refractivity contribution in [2.45, 2.75) is 19.1 Å². The van der Waals surface area contributed by atoms with Gasteiger partial charge in [-0.05, 0) is 42.0 Å². The van der Waals surface area contributed by atoms with Crippen molar-refractivity contribution in [2.24, 2.45) is 0 Å². The Bertz CT molecular complexity index is 1040. The summed E-state index contributed by atoms with van der Waals surface area (Å²) in [5, 5.41) is 2.55. The van der Waals surface area contributed by atoms with Crippen molar-refractivity contribution in [2.75, 3.05) is 6.61 Å².